The summed E-state index contributed by atoms with van der Waals surface area (Å²) in [5.41, 5.74) is 0.846. The predicted octanol–water partition coefficient (Wildman–Crippen LogP) is 1.72. The van der Waals surface area contributed by atoms with Crippen LogP contribution in [0, 0.1) is 5.82 Å². The Labute approximate surface area is 117 Å². The van der Waals surface area contributed by atoms with Crippen molar-refractivity contribution in [3.05, 3.63) is 35.6 Å². The summed E-state index contributed by atoms with van der Waals surface area (Å²) in [6.45, 7) is 2.69. The summed E-state index contributed by atoms with van der Waals surface area (Å²) >= 11 is 0. The summed E-state index contributed by atoms with van der Waals surface area (Å²) < 4.78 is 13.0. The highest BCUT2D eigenvalue weighted by atomic mass is 19.1. The van der Waals surface area contributed by atoms with Crippen molar-refractivity contribution in [3.8, 4) is 0 Å². The minimum Gasteiger partial charge on any atom is -0.329 e. The van der Waals surface area contributed by atoms with Crippen LogP contribution in [0.25, 0.3) is 0 Å². The SMILES string of the molecule is CC(c1ccc(F)cc1)N1CC(=O)N2CCCC2C1=O. The molecule has 0 saturated carbocycles. The Bertz CT molecular complexity index is 543. The van der Waals surface area contributed by atoms with Crippen molar-refractivity contribution in [2.24, 2.45) is 0 Å². The number of piperazine rings is 1. The third-order valence-electron chi connectivity index (χ3n) is 4.27. The van der Waals surface area contributed by atoms with E-state index in [1.165, 1.54) is 12.1 Å². The molecule has 3 rings (SSSR count). The number of hydrogen-bond acceptors (Lipinski definition) is 2. The van der Waals surface area contributed by atoms with Gasteiger partial charge in [0, 0.05) is 6.54 Å². The second-order valence-electron chi connectivity index (χ2n) is 5.44. The van der Waals surface area contributed by atoms with Crippen molar-refractivity contribution in [3.63, 3.8) is 0 Å². The van der Waals surface area contributed by atoms with Crippen LogP contribution in [0.4, 0.5) is 4.39 Å². The van der Waals surface area contributed by atoms with Crippen molar-refractivity contribution in [1.82, 2.24) is 9.80 Å². The lowest BCUT2D eigenvalue weighted by Crippen LogP contribution is -2.57. The molecule has 0 bridgehead atoms. The van der Waals surface area contributed by atoms with Gasteiger partial charge in [-0.2, -0.15) is 0 Å². The third-order valence-corrected chi connectivity index (χ3v) is 4.27. The van der Waals surface area contributed by atoms with Crippen LogP contribution < -0.4 is 0 Å². The van der Waals surface area contributed by atoms with Gasteiger partial charge in [0.2, 0.25) is 11.8 Å². The Kier molecular flexibility index (Phi) is 3.20. The number of carbonyl (C=O) groups is 2. The van der Waals surface area contributed by atoms with Crippen molar-refractivity contribution >= 4 is 11.8 Å². The van der Waals surface area contributed by atoms with Gasteiger partial charge in [-0.1, -0.05) is 12.1 Å². The fourth-order valence-corrected chi connectivity index (χ4v) is 3.08. The molecule has 2 atom stereocenters. The molecule has 1 aromatic carbocycles. The van der Waals surface area contributed by atoms with Crippen LogP contribution in [0.2, 0.25) is 0 Å². The van der Waals surface area contributed by atoms with Crippen LogP contribution in [-0.4, -0.2) is 40.7 Å². The minimum atomic E-state index is -0.302. The largest absolute Gasteiger partial charge is 0.329 e. The average Bonchev–Trinajstić information content (AvgIpc) is 2.93. The molecule has 20 heavy (non-hydrogen) atoms. The van der Waals surface area contributed by atoms with E-state index in [0.717, 1.165) is 18.4 Å². The molecule has 2 amide bonds. The van der Waals surface area contributed by atoms with Gasteiger partial charge >= 0.3 is 0 Å². The first-order valence-corrected chi connectivity index (χ1v) is 6.93. The number of carbonyl (C=O) groups excluding carboxylic acids is 2. The topological polar surface area (TPSA) is 40.6 Å². The lowest BCUT2D eigenvalue weighted by molar-refractivity contribution is -0.155. The fourth-order valence-electron chi connectivity index (χ4n) is 3.08. The molecular weight excluding hydrogens is 259 g/mol. The van der Waals surface area contributed by atoms with E-state index >= 15 is 0 Å². The Morgan fingerprint density at radius 1 is 1.25 bits per heavy atom. The first-order valence-electron chi connectivity index (χ1n) is 6.93. The molecule has 2 aliphatic heterocycles. The number of amides is 2. The van der Waals surface area contributed by atoms with Crippen LogP contribution >= 0.6 is 0 Å². The zero-order valence-electron chi connectivity index (χ0n) is 11.4. The zero-order chi connectivity index (χ0) is 14.3. The van der Waals surface area contributed by atoms with Gasteiger partial charge in [0.05, 0.1) is 6.04 Å². The highest BCUT2D eigenvalue weighted by Crippen LogP contribution is 2.29. The average molecular weight is 276 g/mol. The van der Waals surface area contributed by atoms with Gasteiger partial charge in [-0.25, -0.2) is 4.39 Å². The van der Waals surface area contributed by atoms with Crippen LogP contribution in [0.5, 0.6) is 0 Å². The molecule has 0 N–H and O–H groups in total. The van der Waals surface area contributed by atoms with Gasteiger partial charge in [-0.05, 0) is 37.5 Å². The monoisotopic (exact) mass is 276 g/mol. The number of hydrogen-bond donors (Lipinski definition) is 0. The second kappa shape index (κ2) is 4.89. The molecule has 2 saturated heterocycles. The van der Waals surface area contributed by atoms with Gasteiger partial charge < -0.3 is 9.80 Å². The molecule has 2 unspecified atom stereocenters. The maximum absolute atomic E-state index is 13.0. The van der Waals surface area contributed by atoms with E-state index < -0.39 is 0 Å². The molecule has 2 aliphatic rings. The number of fused-ring (bicyclic) bond motifs is 1. The lowest BCUT2D eigenvalue weighted by atomic mass is 10.0. The van der Waals surface area contributed by atoms with Crippen molar-refractivity contribution in [2.75, 3.05) is 13.1 Å². The summed E-state index contributed by atoms with van der Waals surface area (Å²) in [4.78, 5) is 27.9. The molecule has 0 radical (unpaired) electrons. The number of halogens is 1. The van der Waals surface area contributed by atoms with E-state index in [4.69, 9.17) is 0 Å². The maximum Gasteiger partial charge on any atom is 0.246 e. The molecule has 2 heterocycles. The molecule has 0 spiro atoms. The highest BCUT2D eigenvalue weighted by Gasteiger charge is 2.43. The standard InChI is InChI=1S/C15H17FN2O2/c1-10(11-4-6-12(16)7-5-11)18-9-14(19)17-8-2-3-13(17)15(18)20/h4-7,10,13H,2-3,8-9H2,1H3. The number of benzene rings is 1. The molecular formula is C15H17FN2O2. The molecule has 106 valence electrons. The maximum atomic E-state index is 13.0. The third kappa shape index (κ3) is 2.07. The normalized spacial score (nSPS) is 24.0. The van der Waals surface area contributed by atoms with Gasteiger partial charge in [-0.3, -0.25) is 9.59 Å². The first kappa shape index (κ1) is 13.1. The van der Waals surface area contributed by atoms with Gasteiger partial charge in [0.1, 0.15) is 18.4 Å². The molecule has 1 aromatic rings. The number of nitrogens with zero attached hydrogens (tertiary/aromatic N) is 2. The van der Waals surface area contributed by atoms with E-state index in [0.29, 0.717) is 6.54 Å². The van der Waals surface area contributed by atoms with Gasteiger partial charge in [-0.15, -0.1) is 0 Å². The summed E-state index contributed by atoms with van der Waals surface area (Å²) in [6.07, 6.45) is 1.64. The molecule has 2 fully saturated rings. The Balaban J connectivity index is 1.84. The van der Waals surface area contributed by atoms with E-state index in [1.54, 1.807) is 21.9 Å². The molecule has 4 nitrogen and oxygen atoms in total. The fraction of sp³-hybridized carbons (Fsp3) is 0.467. The first-order chi connectivity index (χ1) is 9.58. The van der Waals surface area contributed by atoms with Crippen LogP contribution in [-0.2, 0) is 9.59 Å². The van der Waals surface area contributed by atoms with E-state index in [2.05, 4.69) is 0 Å². The van der Waals surface area contributed by atoms with E-state index in [-0.39, 0.29) is 36.3 Å². The van der Waals surface area contributed by atoms with Crippen molar-refractivity contribution in [1.29, 1.82) is 0 Å². The smallest absolute Gasteiger partial charge is 0.246 e. The van der Waals surface area contributed by atoms with Crippen LogP contribution in [0.3, 0.4) is 0 Å². The summed E-state index contributed by atoms with van der Waals surface area (Å²) in [6, 6.07) is 5.58. The summed E-state index contributed by atoms with van der Waals surface area (Å²) in [7, 11) is 0. The Morgan fingerprint density at radius 2 is 1.95 bits per heavy atom. The number of rotatable bonds is 2. The lowest BCUT2D eigenvalue weighted by Gasteiger charge is -2.39. The van der Waals surface area contributed by atoms with Crippen molar-refractivity contribution < 1.29 is 14.0 Å². The van der Waals surface area contributed by atoms with E-state index in [9.17, 15) is 14.0 Å². The minimum absolute atomic E-state index is 0.0129. The predicted molar refractivity (Wildman–Crippen MR) is 71.3 cm³/mol. The van der Waals surface area contributed by atoms with Crippen molar-refractivity contribution in [2.45, 2.75) is 31.8 Å². The molecule has 0 aliphatic carbocycles. The molecule has 0 aromatic heterocycles. The Hall–Kier alpha value is -1.91. The molecule has 5 heteroatoms. The quantitative estimate of drug-likeness (QED) is 0.825. The van der Waals surface area contributed by atoms with E-state index in [1.807, 2.05) is 6.92 Å². The summed E-state index contributed by atoms with van der Waals surface area (Å²) in [5.74, 6) is -0.274. The summed E-state index contributed by atoms with van der Waals surface area (Å²) in [5, 5.41) is 0. The van der Waals surface area contributed by atoms with Gasteiger partial charge in [0.25, 0.3) is 0 Å². The highest BCUT2D eigenvalue weighted by molar-refractivity contribution is 5.95. The van der Waals surface area contributed by atoms with Gasteiger partial charge in [0.15, 0.2) is 0 Å². The second-order valence-corrected chi connectivity index (χ2v) is 5.44. The zero-order valence-corrected chi connectivity index (χ0v) is 11.4. The Morgan fingerprint density at radius 3 is 2.65 bits per heavy atom. The van der Waals surface area contributed by atoms with Crippen LogP contribution in [0.1, 0.15) is 31.4 Å². The van der Waals surface area contributed by atoms with Crippen LogP contribution in [0.15, 0.2) is 24.3 Å².